The molecule has 4 nitrogen and oxygen atoms in total. The topological polar surface area (TPSA) is 41.6 Å². The van der Waals surface area contributed by atoms with Gasteiger partial charge in [0.05, 0.1) is 13.2 Å². The zero-order valence-corrected chi connectivity index (χ0v) is 15.8. The highest BCUT2D eigenvalue weighted by atomic mass is 16.5. The fourth-order valence-electron chi connectivity index (χ4n) is 3.38. The molecule has 1 aliphatic rings. The number of hydrogen-bond donors (Lipinski definition) is 1. The standard InChI is InChI=1S/C24H24N2O2/c27-24(22-10-8-21(9-11-22)20-4-2-1-3-5-20)25-18-19-6-12-23(13-7-19)26-14-16-28-17-15-26/h1-13H,14-18H2,(H,25,27). The summed E-state index contributed by atoms with van der Waals surface area (Å²) in [6.45, 7) is 3.93. The Balaban J connectivity index is 1.34. The normalized spacial score (nSPS) is 13.9. The van der Waals surface area contributed by atoms with Crippen molar-refractivity contribution >= 4 is 11.6 Å². The fraction of sp³-hybridized carbons (Fsp3) is 0.208. The molecule has 1 aliphatic heterocycles. The Morgan fingerprint density at radius 2 is 1.46 bits per heavy atom. The minimum Gasteiger partial charge on any atom is -0.378 e. The number of benzene rings is 3. The predicted octanol–water partition coefficient (Wildman–Crippen LogP) is 4.12. The molecule has 142 valence electrons. The molecular weight excluding hydrogens is 348 g/mol. The lowest BCUT2D eigenvalue weighted by atomic mass is 10.0. The summed E-state index contributed by atoms with van der Waals surface area (Å²) in [4.78, 5) is 14.8. The third-order valence-corrected chi connectivity index (χ3v) is 5.02. The van der Waals surface area contributed by atoms with E-state index in [2.05, 4.69) is 46.6 Å². The van der Waals surface area contributed by atoms with E-state index in [0.29, 0.717) is 12.1 Å². The van der Waals surface area contributed by atoms with Crippen LogP contribution in [0.3, 0.4) is 0 Å². The molecule has 1 N–H and O–H groups in total. The van der Waals surface area contributed by atoms with Crippen molar-refractivity contribution in [3.63, 3.8) is 0 Å². The summed E-state index contributed by atoms with van der Waals surface area (Å²) in [6, 6.07) is 26.3. The monoisotopic (exact) mass is 372 g/mol. The number of rotatable bonds is 5. The van der Waals surface area contributed by atoms with Crippen molar-refractivity contribution in [2.45, 2.75) is 6.54 Å². The van der Waals surface area contributed by atoms with Crippen LogP contribution in [0.1, 0.15) is 15.9 Å². The average molecular weight is 372 g/mol. The van der Waals surface area contributed by atoms with E-state index in [1.807, 2.05) is 42.5 Å². The van der Waals surface area contributed by atoms with Gasteiger partial charge in [-0.05, 0) is 41.0 Å². The van der Waals surface area contributed by atoms with Gasteiger partial charge < -0.3 is 15.0 Å². The lowest BCUT2D eigenvalue weighted by molar-refractivity contribution is 0.0951. The lowest BCUT2D eigenvalue weighted by Crippen LogP contribution is -2.36. The molecule has 0 saturated carbocycles. The number of amides is 1. The zero-order chi connectivity index (χ0) is 19.2. The van der Waals surface area contributed by atoms with Crippen molar-refractivity contribution in [3.05, 3.63) is 90.0 Å². The Morgan fingerprint density at radius 3 is 2.14 bits per heavy atom. The van der Waals surface area contributed by atoms with Crippen LogP contribution in [0.15, 0.2) is 78.9 Å². The van der Waals surface area contributed by atoms with Crippen LogP contribution in [0, 0.1) is 0 Å². The van der Waals surface area contributed by atoms with E-state index in [1.165, 1.54) is 5.69 Å². The summed E-state index contributed by atoms with van der Waals surface area (Å²) >= 11 is 0. The summed E-state index contributed by atoms with van der Waals surface area (Å²) in [6.07, 6.45) is 0. The van der Waals surface area contributed by atoms with Gasteiger partial charge in [-0.3, -0.25) is 4.79 Å². The molecule has 0 radical (unpaired) electrons. The van der Waals surface area contributed by atoms with Gasteiger partial charge in [0.2, 0.25) is 0 Å². The third kappa shape index (κ3) is 4.41. The van der Waals surface area contributed by atoms with E-state index >= 15 is 0 Å². The quantitative estimate of drug-likeness (QED) is 0.732. The highest BCUT2D eigenvalue weighted by Gasteiger charge is 2.11. The number of morpholine rings is 1. The smallest absolute Gasteiger partial charge is 0.251 e. The second-order valence-corrected chi connectivity index (χ2v) is 6.89. The van der Waals surface area contributed by atoms with Crippen LogP contribution in [0.4, 0.5) is 5.69 Å². The van der Waals surface area contributed by atoms with Crippen molar-refractivity contribution in [2.24, 2.45) is 0 Å². The number of carbonyl (C=O) groups excluding carboxylic acids is 1. The molecular formula is C24H24N2O2. The van der Waals surface area contributed by atoms with Crippen molar-refractivity contribution in [3.8, 4) is 11.1 Å². The zero-order valence-electron chi connectivity index (χ0n) is 15.8. The Labute approximate surface area is 165 Å². The fourth-order valence-corrected chi connectivity index (χ4v) is 3.38. The predicted molar refractivity (Wildman–Crippen MR) is 113 cm³/mol. The molecule has 0 aromatic heterocycles. The van der Waals surface area contributed by atoms with E-state index in [9.17, 15) is 4.79 Å². The van der Waals surface area contributed by atoms with Gasteiger partial charge in [0, 0.05) is 30.9 Å². The number of nitrogens with zero attached hydrogens (tertiary/aromatic N) is 1. The summed E-state index contributed by atoms with van der Waals surface area (Å²) < 4.78 is 5.40. The molecule has 1 saturated heterocycles. The number of ether oxygens (including phenoxy) is 1. The maximum atomic E-state index is 12.4. The first-order chi connectivity index (χ1) is 13.8. The summed E-state index contributed by atoms with van der Waals surface area (Å²) in [5.74, 6) is -0.0585. The first kappa shape index (κ1) is 18.3. The second-order valence-electron chi connectivity index (χ2n) is 6.89. The molecule has 1 amide bonds. The van der Waals surface area contributed by atoms with Crippen LogP contribution in [0.2, 0.25) is 0 Å². The van der Waals surface area contributed by atoms with Crippen molar-refractivity contribution in [1.29, 1.82) is 0 Å². The minimum atomic E-state index is -0.0585. The van der Waals surface area contributed by atoms with E-state index in [0.717, 1.165) is 43.0 Å². The molecule has 4 heteroatoms. The molecule has 0 unspecified atom stereocenters. The number of anilines is 1. The van der Waals surface area contributed by atoms with Crippen LogP contribution in [0.25, 0.3) is 11.1 Å². The minimum absolute atomic E-state index is 0.0585. The number of hydrogen-bond acceptors (Lipinski definition) is 3. The largest absolute Gasteiger partial charge is 0.378 e. The third-order valence-electron chi connectivity index (χ3n) is 5.02. The SMILES string of the molecule is O=C(NCc1ccc(N2CCOCC2)cc1)c1ccc(-c2ccccc2)cc1. The average Bonchev–Trinajstić information content (AvgIpc) is 2.79. The Morgan fingerprint density at radius 1 is 0.821 bits per heavy atom. The number of carbonyl (C=O) groups is 1. The molecule has 0 atom stereocenters. The molecule has 4 rings (SSSR count). The van der Waals surface area contributed by atoms with Gasteiger partial charge in [-0.25, -0.2) is 0 Å². The van der Waals surface area contributed by atoms with E-state index in [4.69, 9.17) is 4.74 Å². The van der Waals surface area contributed by atoms with E-state index < -0.39 is 0 Å². The maximum Gasteiger partial charge on any atom is 0.251 e. The van der Waals surface area contributed by atoms with E-state index in [1.54, 1.807) is 0 Å². The van der Waals surface area contributed by atoms with Gasteiger partial charge in [-0.2, -0.15) is 0 Å². The Kier molecular flexibility index (Phi) is 5.69. The highest BCUT2D eigenvalue weighted by Crippen LogP contribution is 2.19. The van der Waals surface area contributed by atoms with Crippen LogP contribution < -0.4 is 10.2 Å². The molecule has 0 spiro atoms. The molecule has 0 bridgehead atoms. The van der Waals surface area contributed by atoms with Gasteiger partial charge in [0.15, 0.2) is 0 Å². The Hall–Kier alpha value is -3.11. The van der Waals surface area contributed by atoms with Crippen LogP contribution >= 0.6 is 0 Å². The van der Waals surface area contributed by atoms with Crippen molar-refractivity contribution in [2.75, 3.05) is 31.2 Å². The van der Waals surface area contributed by atoms with Gasteiger partial charge in [-0.1, -0.05) is 54.6 Å². The molecule has 1 heterocycles. The second kappa shape index (κ2) is 8.72. The Bertz CT molecular complexity index is 900. The maximum absolute atomic E-state index is 12.4. The summed E-state index contributed by atoms with van der Waals surface area (Å²) in [5, 5.41) is 3.00. The van der Waals surface area contributed by atoms with Gasteiger partial charge in [0.25, 0.3) is 5.91 Å². The van der Waals surface area contributed by atoms with E-state index in [-0.39, 0.29) is 5.91 Å². The van der Waals surface area contributed by atoms with Gasteiger partial charge in [0.1, 0.15) is 0 Å². The molecule has 3 aromatic carbocycles. The first-order valence-corrected chi connectivity index (χ1v) is 9.65. The molecule has 0 aliphatic carbocycles. The van der Waals surface area contributed by atoms with Crippen LogP contribution in [-0.2, 0) is 11.3 Å². The lowest BCUT2D eigenvalue weighted by Gasteiger charge is -2.28. The first-order valence-electron chi connectivity index (χ1n) is 9.65. The summed E-state index contributed by atoms with van der Waals surface area (Å²) in [7, 11) is 0. The molecule has 3 aromatic rings. The van der Waals surface area contributed by atoms with Crippen molar-refractivity contribution < 1.29 is 9.53 Å². The number of nitrogens with one attached hydrogen (secondary N) is 1. The van der Waals surface area contributed by atoms with Gasteiger partial charge in [-0.15, -0.1) is 0 Å². The van der Waals surface area contributed by atoms with Crippen LogP contribution in [-0.4, -0.2) is 32.2 Å². The summed E-state index contributed by atoms with van der Waals surface area (Å²) in [5.41, 5.74) is 5.22. The van der Waals surface area contributed by atoms with Crippen LogP contribution in [0.5, 0.6) is 0 Å². The van der Waals surface area contributed by atoms with Gasteiger partial charge >= 0.3 is 0 Å². The van der Waals surface area contributed by atoms with Crippen molar-refractivity contribution in [1.82, 2.24) is 5.32 Å². The molecule has 1 fully saturated rings. The highest BCUT2D eigenvalue weighted by molar-refractivity contribution is 5.94. The molecule has 28 heavy (non-hydrogen) atoms.